The van der Waals surface area contributed by atoms with Gasteiger partial charge in [-0.2, -0.15) is 0 Å². The van der Waals surface area contributed by atoms with Crippen LogP contribution in [0.15, 0.2) is 54.6 Å². The van der Waals surface area contributed by atoms with Crippen LogP contribution in [0.4, 0.5) is 0 Å². The standard InChI is InChI=1S/C27H30N2O3/c1-19(2)7-6-10-20-11-13-22(14-12-20)27-23-16-28(17-26(32)29(23)24(27)18-30)25(31)15-21-8-4-3-5-9-21/h3-5,8-9,11-14,19,23-24,27,30H,7,15-18H2,1-2H3/t23-,24-,27+/m1/s1. The first-order valence-electron chi connectivity index (χ1n) is 11.3. The second-order valence-electron chi connectivity index (χ2n) is 9.10. The largest absolute Gasteiger partial charge is 0.394 e. The summed E-state index contributed by atoms with van der Waals surface area (Å²) in [6.07, 6.45) is 1.15. The Morgan fingerprint density at radius 3 is 2.50 bits per heavy atom. The summed E-state index contributed by atoms with van der Waals surface area (Å²) in [6, 6.07) is 17.3. The summed E-state index contributed by atoms with van der Waals surface area (Å²) >= 11 is 0. The van der Waals surface area contributed by atoms with Crippen LogP contribution in [0.2, 0.25) is 0 Å². The molecule has 2 aliphatic heterocycles. The summed E-state index contributed by atoms with van der Waals surface area (Å²) in [5, 5.41) is 9.97. The van der Waals surface area contributed by atoms with Gasteiger partial charge in [-0.1, -0.05) is 68.2 Å². The summed E-state index contributed by atoms with van der Waals surface area (Å²) in [5.41, 5.74) is 2.98. The molecule has 0 spiro atoms. The first-order chi connectivity index (χ1) is 15.5. The highest BCUT2D eigenvalue weighted by molar-refractivity contribution is 5.88. The summed E-state index contributed by atoms with van der Waals surface area (Å²) in [5.74, 6) is 6.82. The third kappa shape index (κ3) is 4.56. The van der Waals surface area contributed by atoms with Crippen molar-refractivity contribution in [2.24, 2.45) is 5.92 Å². The molecular formula is C27H30N2O3. The number of aliphatic hydroxyl groups is 1. The van der Waals surface area contributed by atoms with Crippen LogP contribution in [0.5, 0.6) is 0 Å². The predicted molar refractivity (Wildman–Crippen MR) is 124 cm³/mol. The molecule has 0 bridgehead atoms. The quantitative estimate of drug-likeness (QED) is 0.742. The van der Waals surface area contributed by atoms with Gasteiger partial charge in [-0.3, -0.25) is 9.59 Å². The van der Waals surface area contributed by atoms with Gasteiger partial charge >= 0.3 is 0 Å². The molecule has 2 heterocycles. The van der Waals surface area contributed by atoms with Crippen LogP contribution in [0, 0.1) is 17.8 Å². The van der Waals surface area contributed by atoms with Crippen molar-refractivity contribution in [1.82, 2.24) is 9.80 Å². The molecule has 2 fully saturated rings. The van der Waals surface area contributed by atoms with Crippen LogP contribution < -0.4 is 0 Å². The SMILES string of the molecule is CC(C)CC#Cc1ccc([C@@H]2[C@@H](CO)N3C(=O)CN(C(=O)Cc4ccccc4)C[C@H]23)cc1. The molecule has 0 aromatic heterocycles. The molecule has 4 rings (SSSR count). The van der Waals surface area contributed by atoms with E-state index in [1.807, 2.05) is 54.6 Å². The van der Waals surface area contributed by atoms with E-state index in [1.54, 1.807) is 9.80 Å². The van der Waals surface area contributed by atoms with E-state index in [9.17, 15) is 14.7 Å². The number of hydrogen-bond acceptors (Lipinski definition) is 3. The molecule has 2 aromatic carbocycles. The zero-order valence-corrected chi connectivity index (χ0v) is 18.7. The number of carbonyl (C=O) groups is 2. The molecule has 3 atom stereocenters. The van der Waals surface area contributed by atoms with Crippen molar-refractivity contribution in [3.8, 4) is 11.8 Å². The molecule has 2 aliphatic rings. The molecule has 0 unspecified atom stereocenters. The van der Waals surface area contributed by atoms with Crippen molar-refractivity contribution in [1.29, 1.82) is 0 Å². The van der Waals surface area contributed by atoms with Crippen LogP contribution in [0.1, 0.15) is 42.9 Å². The molecule has 5 nitrogen and oxygen atoms in total. The third-order valence-corrected chi connectivity index (χ3v) is 6.34. The first-order valence-corrected chi connectivity index (χ1v) is 11.3. The predicted octanol–water partition coefficient (Wildman–Crippen LogP) is 2.82. The molecule has 0 aliphatic carbocycles. The number of nitrogens with zero attached hydrogens (tertiary/aromatic N) is 2. The third-order valence-electron chi connectivity index (χ3n) is 6.34. The molecule has 0 radical (unpaired) electrons. The number of rotatable bonds is 5. The van der Waals surface area contributed by atoms with Crippen LogP contribution in [0.25, 0.3) is 0 Å². The lowest BCUT2D eigenvalue weighted by atomic mass is 9.73. The number of aliphatic hydroxyl groups excluding tert-OH is 1. The van der Waals surface area contributed by atoms with E-state index in [2.05, 4.69) is 25.7 Å². The smallest absolute Gasteiger partial charge is 0.242 e. The minimum absolute atomic E-state index is 0.00829. The normalized spacial score (nSPS) is 22.1. The highest BCUT2D eigenvalue weighted by Gasteiger charge is 2.54. The van der Waals surface area contributed by atoms with Crippen molar-refractivity contribution < 1.29 is 14.7 Å². The van der Waals surface area contributed by atoms with E-state index < -0.39 is 0 Å². The van der Waals surface area contributed by atoms with Crippen molar-refractivity contribution >= 4 is 11.8 Å². The molecule has 0 saturated carbocycles. The van der Waals surface area contributed by atoms with Crippen molar-refractivity contribution in [3.05, 3.63) is 71.3 Å². The average molecular weight is 431 g/mol. The van der Waals surface area contributed by atoms with E-state index in [-0.39, 0.29) is 43.0 Å². The van der Waals surface area contributed by atoms with Gasteiger partial charge in [0.05, 0.1) is 31.7 Å². The summed E-state index contributed by atoms with van der Waals surface area (Å²) in [7, 11) is 0. The minimum Gasteiger partial charge on any atom is -0.394 e. The van der Waals surface area contributed by atoms with Gasteiger partial charge in [-0.15, -0.1) is 0 Å². The topological polar surface area (TPSA) is 60.9 Å². The summed E-state index contributed by atoms with van der Waals surface area (Å²) < 4.78 is 0. The highest BCUT2D eigenvalue weighted by Crippen LogP contribution is 2.43. The zero-order valence-electron chi connectivity index (χ0n) is 18.7. The first kappa shape index (κ1) is 22.1. The van der Waals surface area contributed by atoms with Gasteiger partial charge in [0, 0.05) is 24.4 Å². The Hall–Kier alpha value is -3.10. The average Bonchev–Trinajstić information content (AvgIpc) is 2.76. The molecule has 2 saturated heterocycles. The maximum atomic E-state index is 12.9. The van der Waals surface area contributed by atoms with Gasteiger partial charge < -0.3 is 14.9 Å². The van der Waals surface area contributed by atoms with E-state index in [0.29, 0.717) is 18.9 Å². The van der Waals surface area contributed by atoms with E-state index in [0.717, 1.165) is 23.1 Å². The van der Waals surface area contributed by atoms with Crippen LogP contribution in [-0.4, -0.2) is 58.5 Å². The van der Waals surface area contributed by atoms with E-state index >= 15 is 0 Å². The summed E-state index contributed by atoms with van der Waals surface area (Å²) in [4.78, 5) is 29.1. The maximum absolute atomic E-state index is 12.9. The van der Waals surface area contributed by atoms with Crippen LogP contribution in [0.3, 0.4) is 0 Å². The van der Waals surface area contributed by atoms with Crippen molar-refractivity contribution in [2.75, 3.05) is 19.7 Å². The van der Waals surface area contributed by atoms with E-state index in [1.165, 1.54) is 0 Å². The van der Waals surface area contributed by atoms with Crippen LogP contribution in [-0.2, 0) is 16.0 Å². The lowest BCUT2D eigenvalue weighted by Gasteiger charge is -2.58. The minimum atomic E-state index is -0.239. The van der Waals surface area contributed by atoms with Gasteiger partial charge in [0.2, 0.25) is 11.8 Å². The number of fused-ring (bicyclic) bond motifs is 1. The Morgan fingerprint density at radius 1 is 1.12 bits per heavy atom. The van der Waals surface area contributed by atoms with Crippen molar-refractivity contribution in [3.63, 3.8) is 0 Å². The highest BCUT2D eigenvalue weighted by atomic mass is 16.3. The Labute approximate surface area is 190 Å². The number of piperazine rings is 1. The van der Waals surface area contributed by atoms with E-state index in [4.69, 9.17) is 0 Å². The van der Waals surface area contributed by atoms with Crippen molar-refractivity contribution in [2.45, 2.75) is 44.7 Å². The Kier molecular flexibility index (Phi) is 6.62. The van der Waals surface area contributed by atoms with Gasteiger partial charge in [0.15, 0.2) is 0 Å². The number of hydrogen-bond donors (Lipinski definition) is 1. The number of carbonyl (C=O) groups excluding carboxylic acids is 2. The van der Waals surface area contributed by atoms with Gasteiger partial charge in [0.25, 0.3) is 0 Å². The monoisotopic (exact) mass is 430 g/mol. The molecule has 1 N–H and O–H groups in total. The zero-order chi connectivity index (χ0) is 22.7. The fourth-order valence-electron chi connectivity index (χ4n) is 4.72. The Bertz CT molecular complexity index is 1020. The lowest BCUT2D eigenvalue weighted by Crippen LogP contribution is -2.73. The number of amides is 2. The Morgan fingerprint density at radius 2 is 1.84 bits per heavy atom. The fourth-order valence-corrected chi connectivity index (χ4v) is 4.72. The van der Waals surface area contributed by atoms with Gasteiger partial charge in [-0.05, 0) is 29.2 Å². The van der Waals surface area contributed by atoms with Crippen LogP contribution >= 0.6 is 0 Å². The molecular weight excluding hydrogens is 400 g/mol. The molecule has 5 heteroatoms. The second-order valence-corrected chi connectivity index (χ2v) is 9.10. The maximum Gasteiger partial charge on any atom is 0.242 e. The van der Waals surface area contributed by atoms with Gasteiger partial charge in [0.1, 0.15) is 0 Å². The second kappa shape index (κ2) is 9.58. The Balaban J connectivity index is 1.48. The fraction of sp³-hybridized carbons (Fsp3) is 0.407. The summed E-state index contributed by atoms with van der Waals surface area (Å²) in [6.45, 7) is 4.79. The molecule has 166 valence electrons. The molecule has 32 heavy (non-hydrogen) atoms. The number of benzene rings is 2. The van der Waals surface area contributed by atoms with Gasteiger partial charge in [-0.25, -0.2) is 0 Å². The molecule has 2 aromatic rings. The molecule has 2 amide bonds. The lowest BCUT2D eigenvalue weighted by molar-refractivity contribution is -0.166.